The van der Waals surface area contributed by atoms with Crippen LogP contribution in [-0.4, -0.2) is 5.78 Å². The topological polar surface area (TPSA) is 66.0 Å². The number of nitrogens with zero attached hydrogens (tertiary/aromatic N) is 1. The number of nitriles is 1. The van der Waals surface area contributed by atoms with Gasteiger partial charge in [0, 0.05) is 17.2 Å². The van der Waals surface area contributed by atoms with E-state index in [2.05, 4.69) is 11.4 Å². The second-order valence-corrected chi connectivity index (χ2v) is 5.95. The molecule has 1 aliphatic carbocycles. The Balaban J connectivity index is 1.75. The summed E-state index contributed by atoms with van der Waals surface area (Å²) < 4.78 is 5.03. The van der Waals surface area contributed by atoms with Gasteiger partial charge in [0.2, 0.25) is 5.78 Å². The van der Waals surface area contributed by atoms with E-state index in [-0.39, 0.29) is 5.78 Å². The first-order chi connectivity index (χ1) is 10.3. The van der Waals surface area contributed by atoms with Gasteiger partial charge in [-0.15, -0.1) is 11.3 Å². The lowest BCUT2D eigenvalue weighted by Crippen LogP contribution is -2.00. The summed E-state index contributed by atoms with van der Waals surface area (Å²) in [4.78, 5) is 13.1. The number of carbonyl (C=O) groups excluding carboxylic acids is 1. The summed E-state index contributed by atoms with van der Waals surface area (Å²) in [7, 11) is 0. The molecule has 0 radical (unpaired) electrons. The maximum Gasteiger partial charge on any atom is 0.222 e. The minimum Gasteiger partial charge on any atom is -0.461 e. The van der Waals surface area contributed by atoms with Crippen molar-refractivity contribution in [1.82, 2.24) is 0 Å². The Morgan fingerprint density at radius 1 is 1.43 bits per heavy atom. The van der Waals surface area contributed by atoms with E-state index in [9.17, 15) is 10.1 Å². The van der Waals surface area contributed by atoms with E-state index in [1.165, 1.54) is 29.2 Å². The first kappa shape index (κ1) is 13.7. The van der Waals surface area contributed by atoms with E-state index in [1.807, 2.05) is 0 Å². The smallest absolute Gasteiger partial charge is 0.222 e. The third-order valence-electron chi connectivity index (χ3n) is 3.50. The van der Waals surface area contributed by atoms with Gasteiger partial charge in [-0.3, -0.25) is 4.79 Å². The number of allylic oxidation sites excluding steroid dienone is 1. The van der Waals surface area contributed by atoms with Crippen molar-refractivity contribution in [3.8, 4) is 6.07 Å². The summed E-state index contributed by atoms with van der Waals surface area (Å²) in [5.41, 5.74) is 1.91. The summed E-state index contributed by atoms with van der Waals surface area (Å²) in [6.07, 6.45) is 8.81. The van der Waals surface area contributed by atoms with Crippen molar-refractivity contribution < 1.29 is 9.21 Å². The maximum atomic E-state index is 11.8. The number of furan rings is 1. The largest absolute Gasteiger partial charge is 0.461 e. The second kappa shape index (κ2) is 5.98. The molecule has 0 saturated heterocycles. The van der Waals surface area contributed by atoms with Crippen LogP contribution in [0, 0.1) is 11.3 Å². The summed E-state index contributed by atoms with van der Waals surface area (Å²) >= 11 is 1.62. The molecule has 2 heterocycles. The zero-order valence-corrected chi connectivity index (χ0v) is 12.2. The summed E-state index contributed by atoms with van der Waals surface area (Å²) in [5.74, 6) is 0.103. The number of aryl methyl sites for hydroxylation is 1. The molecule has 4 nitrogen and oxygen atoms in total. The number of anilines is 1. The Morgan fingerprint density at radius 3 is 3.05 bits per heavy atom. The van der Waals surface area contributed by atoms with Crippen molar-refractivity contribution in [2.45, 2.75) is 25.7 Å². The first-order valence-electron chi connectivity index (χ1n) is 6.85. The average molecular weight is 298 g/mol. The van der Waals surface area contributed by atoms with E-state index >= 15 is 0 Å². The fourth-order valence-corrected chi connectivity index (χ4v) is 3.70. The molecule has 1 aliphatic rings. The van der Waals surface area contributed by atoms with E-state index in [0.29, 0.717) is 5.76 Å². The van der Waals surface area contributed by atoms with Crippen LogP contribution in [0.15, 0.2) is 35.1 Å². The summed E-state index contributed by atoms with van der Waals surface area (Å²) in [5, 5.41) is 13.2. The number of fused-ring (bicyclic) bond motifs is 1. The number of thiophene rings is 1. The summed E-state index contributed by atoms with van der Waals surface area (Å²) in [6.45, 7) is 0. The van der Waals surface area contributed by atoms with Gasteiger partial charge in [0.15, 0.2) is 5.76 Å². The standard InChI is InChI=1S/C16H14N2O2S/c17-10-12-11-4-1-2-6-15(11)21-16(12)18-8-7-13(19)14-5-3-9-20-14/h3,5,7-9,18H,1-2,4,6H2/b8-7+. The molecule has 106 valence electrons. The lowest BCUT2D eigenvalue weighted by Gasteiger charge is -2.09. The molecule has 0 bridgehead atoms. The fourth-order valence-electron chi connectivity index (χ4n) is 2.48. The fraction of sp³-hybridized carbons (Fsp3) is 0.250. The van der Waals surface area contributed by atoms with Crippen molar-refractivity contribution in [3.05, 3.63) is 52.4 Å². The van der Waals surface area contributed by atoms with Gasteiger partial charge in [-0.25, -0.2) is 0 Å². The molecule has 2 aromatic heterocycles. The van der Waals surface area contributed by atoms with Crippen LogP contribution in [0.4, 0.5) is 5.00 Å². The Kier molecular flexibility index (Phi) is 3.89. The average Bonchev–Trinajstić information content (AvgIpc) is 3.14. The molecular formula is C16H14N2O2S. The molecule has 1 N–H and O–H groups in total. The predicted molar refractivity (Wildman–Crippen MR) is 81.5 cm³/mol. The minimum absolute atomic E-state index is 0.202. The van der Waals surface area contributed by atoms with Gasteiger partial charge in [0.25, 0.3) is 0 Å². The molecule has 0 amide bonds. The highest BCUT2D eigenvalue weighted by atomic mass is 32.1. The van der Waals surface area contributed by atoms with Crippen LogP contribution in [0.3, 0.4) is 0 Å². The van der Waals surface area contributed by atoms with E-state index < -0.39 is 0 Å². The number of hydrogen-bond donors (Lipinski definition) is 1. The van der Waals surface area contributed by atoms with Gasteiger partial charge < -0.3 is 9.73 Å². The van der Waals surface area contributed by atoms with Crippen LogP contribution in [0.25, 0.3) is 0 Å². The van der Waals surface area contributed by atoms with E-state index in [0.717, 1.165) is 29.8 Å². The number of rotatable bonds is 4. The lowest BCUT2D eigenvalue weighted by atomic mass is 9.96. The van der Waals surface area contributed by atoms with Gasteiger partial charge in [0.1, 0.15) is 11.1 Å². The third kappa shape index (κ3) is 2.76. The van der Waals surface area contributed by atoms with E-state index in [1.54, 1.807) is 29.7 Å². The number of hydrogen-bond acceptors (Lipinski definition) is 5. The zero-order chi connectivity index (χ0) is 14.7. The summed E-state index contributed by atoms with van der Waals surface area (Å²) in [6, 6.07) is 5.58. The van der Waals surface area contributed by atoms with Crippen molar-refractivity contribution >= 4 is 22.1 Å². The van der Waals surface area contributed by atoms with Gasteiger partial charge >= 0.3 is 0 Å². The van der Waals surface area contributed by atoms with Crippen LogP contribution in [0.1, 0.15) is 39.4 Å². The maximum absolute atomic E-state index is 11.8. The molecule has 0 aromatic carbocycles. The number of nitrogens with one attached hydrogen (secondary N) is 1. The Morgan fingerprint density at radius 2 is 2.29 bits per heavy atom. The van der Waals surface area contributed by atoms with Crippen LogP contribution < -0.4 is 5.32 Å². The normalized spacial score (nSPS) is 13.9. The third-order valence-corrected chi connectivity index (χ3v) is 4.72. The van der Waals surface area contributed by atoms with Gasteiger partial charge in [0.05, 0.1) is 11.8 Å². The highest BCUT2D eigenvalue weighted by molar-refractivity contribution is 7.16. The molecule has 0 saturated carbocycles. The quantitative estimate of drug-likeness (QED) is 0.686. The minimum atomic E-state index is -0.202. The van der Waals surface area contributed by atoms with Crippen LogP contribution >= 0.6 is 11.3 Å². The van der Waals surface area contributed by atoms with Crippen LogP contribution in [-0.2, 0) is 12.8 Å². The number of ketones is 1. The van der Waals surface area contributed by atoms with Crippen LogP contribution in [0.5, 0.6) is 0 Å². The first-order valence-corrected chi connectivity index (χ1v) is 7.67. The highest BCUT2D eigenvalue weighted by Crippen LogP contribution is 2.37. The van der Waals surface area contributed by atoms with Gasteiger partial charge in [-0.05, 0) is 43.4 Å². The molecule has 21 heavy (non-hydrogen) atoms. The molecule has 0 aliphatic heterocycles. The predicted octanol–water partition coefficient (Wildman–Crippen LogP) is 3.90. The monoisotopic (exact) mass is 298 g/mol. The molecule has 3 rings (SSSR count). The molecule has 5 heteroatoms. The molecular weight excluding hydrogens is 284 g/mol. The second-order valence-electron chi connectivity index (χ2n) is 4.85. The Labute approximate surface area is 126 Å². The van der Waals surface area contributed by atoms with Crippen molar-refractivity contribution in [3.63, 3.8) is 0 Å². The van der Waals surface area contributed by atoms with Crippen molar-refractivity contribution in [2.24, 2.45) is 0 Å². The van der Waals surface area contributed by atoms with Gasteiger partial charge in [-0.1, -0.05) is 0 Å². The zero-order valence-electron chi connectivity index (χ0n) is 11.4. The Hall–Kier alpha value is -2.32. The lowest BCUT2D eigenvalue weighted by molar-refractivity contribution is 0.102. The highest BCUT2D eigenvalue weighted by Gasteiger charge is 2.20. The molecule has 0 atom stereocenters. The molecule has 0 spiro atoms. The molecule has 0 unspecified atom stereocenters. The number of carbonyl (C=O) groups is 1. The SMILES string of the molecule is N#Cc1c(N/C=C/C(=O)c2ccco2)sc2c1CCCC2. The van der Waals surface area contributed by atoms with Crippen molar-refractivity contribution in [2.75, 3.05) is 5.32 Å². The van der Waals surface area contributed by atoms with Gasteiger partial charge in [-0.2, -0.15) is 5.26 Å². The van der Waals surface area contributed by atoms with E-state index in [4.69, 9.17) is 4.42 Å². The van der Waals surface area contributed by atoms with Crippen molar-refractivity contribution in [1.29, 1.82) is 5.26 Å². The Bertz CT molecular complexity index is 720. The van der Waals surface area contributed by atoms with Crippen LogP contribution in [0.2, 0.25) is 0 Å². The molecule has 0 fully saturated rings. The molecule has 2 aromatic rings.